The van der Waals surface area contributed by atoms with E-state index < -0.39 is 6.04 Å². The van der Waals surface area contributed by atoms with E-state index in [1.807, 2.05) is 0 Å². The van der Waals surface area contributed by atoms with Gasteiger partial charge in [-0.3, -0.25) is 4.79 Å². The number of aromatic nitrogens is 2. The highest BCUT2D eigenvalue weighted by Crippen LogP contribution is 2.41. The Bertz CT molecular complexity index is 890. The summed E-state index contributed by atoms with van der Waals surface area (Å²) in [5, 5.41) is 16.6. The Hall–Kier alpha value is -2.94. The van der Waals surface area contributed by atoms with Crippen LogP contribution in [0.4, 0.5) is 10.2 Å². The van der Waals surface area contributed by atoms with Gasteiger partial charge in [0.2, 0.25) is 0 Å². The molecule has 0 spiro atoms. The fourth-order valence-electron chi connectivity index (χ4n) is 3.32. The molecule has 2 aromatic rings. The molecule has 4 rings (SSSR count). The average molecular weight is 308 g/mol. The lowest BCUT2D eigenvalue weighted by Crippen LogP contribution is -2.32. The summed E-state index contributed by atoms with van der Waals surface area (Å²) in [4.78, 5) is 12.5. The van der Waals surface area contributed by atoms with Crippen molar-refractivity contribution in [3.63, 3.8) is 0 Å². The number of halogens is 1. The minimum absolute atomic E-state index is 0.00617. The Morgan fingerprint density at radius 1 is 1.35 bits per heavy atom. The molecule has 2 heterocycles. The third kappa shape index (κ3) is 1.97. The molecule has 1 aromatic heterocycles. The van der Waals surface area contributed by atoms with E-state index in [1.54, 1.807) is 22.9 Å². The zero-order valence-electron chi connectivity index (χ0n) is 12.2. The molecule has 0 amide bonds. The Morgan fingerprint density at radius 2 is 2.17 bits per heavy atom. The second-order valence-corrected chi connectivity index (χ2v) is 5.68. The fraction of sp³-hybridized carbons (Fsp3) is 0.235. The van der Waals surface area contributed by atoms with Crippen LogP contribution in [0.25, 0.3) is 0 Å². The van der Waals surface area contributed by atoms with Crippen molar-refractivity contribution in [1.29, 1.82) is 5.26 Å². The number of hydrogen-bond donors (Lipinski definition) is 1. The summed E-state index contributed by atoms with van der Waals surface area (Å²) < 4.78 is 15.9. The quantitative estimate of drug-likeness (QED) is 0.879. The van der Waals surface area contributed by atoms with Crippen LogP contribution >= 0.6 is 0 Å². The van der Waals surface area contributed by atoms with Crippen LogP contribution in [-0.2, 0) is 4.79 Å². The van der Waals surface area contributed by atoms with E-state index in [-0.39, 0.29) is 11.6 Å². The summed E-state index contributed by atoms with van der Waals surface area (Å²) in [7, 11) is 0. The molecule has 1 aromatic carbocycles. The smallest absolute Gasteiger partial charge is 0.163 e. The maximum Gasteiger partial charge on any atom is 0.163 e. The van der Waals surface area contributed by atoms with Crippen LogP contribution in [0, 0.1) is 17.1 Å². The van der Waals surface area contributed by atoms with Crippen LogP contribution in [-0.4, -0.2) is 15.6 Å². The van der Waals surface area contributed by atoms with E-state index in [2.05, 4.69) is 16.5 Å². The monoisotopic (exact) mass is 308 g/mol. The first-order valence-electron chi connectivity index (χ1n) is 7.46. The first kappa shape index (κ1) is 13.7. The zero-order chi connectivity index (χ0) is 16.0. The van der Waals surface area contributed by atoms with E-state index >= 15 is 0 Å². The molecule has 0 radical (unpaired) electrons. The van der Waals surface area contributed by atoms with Crippen molar-refractivity contribution in [2.75, 3.05) is 5.32 Å². The molecule has 0 saturated heterocycles. The number of hydrogen-bond acceptors (Lipinski definition) is 4. The molecule has 1 N–H and O–H groups in total. The molecule has 1 aliphatic carbocycles. The molecule has 0 fully saturated rings. The summed E-state index contributed by atoms with van der Waals surface area (Å²) in [5.41, 5.74) is 2.11. The summed E-state index contributed by atoms with van der Waals surface area (Å²) in [6, 6.07) is 7.84. The van der Waals surface area contributed by atoms with Crippen LogP contribution in [0.1, 0.15) is 36.4 Å². The van der Waals surface area contributed by atoms with Crippen LogP contribution < -0.4 is 5.32 Å². The van der Waals surface area contributed by atoms with Gasteiger partial charge in [-0.05, 0) is 18.9 Å². The molecule has 1 aliphatic heterocycles. The molecule has 5 nitrogen and oxygen atoms in total. The van der Waals surface area contributed by atoms with E-state index in [0.717, 1.165) is 12.1 Å². The number of carbonyl (C=O) groups is 1. The molecule has 0 bridgehead atoms. The van der Waals surface area contributed by atoms with E-state index in [9.17, 15) is 14.4 Å². The van der Waals surface area contributed by atoms with Crippen molar-refractivity contribution < 1.29 is 9.18 Å². The number of ketones is 1. The molecular weight excluding hydrogens is 295 g/mol. The Kier molecular flexibility index (Phi) is 3.01. The predicted octanol–water partition coefficient (Wildman–Crippen LogP) is 2.92. The standard InChI is InChI=1S/C17H13FN4O/c18-12-5-2-1-4-11(12)16-15-13(6-3-7-14(15)23)21-17-10(8-19)9-20-22(16)17/h1-2,4-5,9,16,21H,3,6-7H2. The van der Waals surface area contributed by atoms with Gasteiger partial charge in [-0.1, -0.05) is 18.2 Å². The number of rotatable bonds is 1. The van der Waals surface area contributed by atoms with Gasteiger partial charge in [-0.25, -0.2) is 9.07 Å². The molecule has 0 saturated carbocycles. The maximum atomic E-state index is 14.4. The first-order valence-corrected chi connectivity index (χ1v) is 7.46. The van der Waals surface area contributed by atoms with Crippen molar-refractivity contribution in [1.82, 2.24) is 9.78 Å². The van der Waals surface area contributed by atoms with Crippen molar-refractivity contribution in [3.8, 4) is 6.07 Å². The summed E-state index contributed by atoms with van der Waals surface area (Å²) in [5.74, 6) is 0.144. The lowest BCUT2D eigenvalue weighted by molar-refractivity contribution is -0.116. The normalized spacial score (nSPS) is 19.7. The Morgan fingerprint density at radius 3 is 2.96 bits per heavy atom. The van der Waals surface area contributed by atoms with E-state index in [4.69, 9.17) is 0 Å². The summed E-state index contributed by atoms with van der Waals surface area (Å²) in [6.45, 7) is 0. The lowest BCUT2D eigenvalue weighted by Gasteiger charge is -2.33. The lowest BCUT2D eigenvalue weighted by atomic mass is 9.85. The largest absolute Gasteiger partial charge is 0.342 e. The molecule has 6 heteroatoms. The third-order valence-corrected chi connectivity index (χ3v) is 4.36. The molecule has 23 heavy (non-hydrogen) atoms. The van der Waals surface area contributed by atoms with Crippen LogP contribution in [0.5, 0.6) is 0 Å². The third-order valence-electron chi connectivity index (χ3n) is 4.36. The number of anilines is 1. The zero-order valence-corrected chi connectivity index (χ0v) is 12.2. The fourth-order valence-corrected chi connectivity index (χ4v) is 3.32. The predicted molar refractivity (Wildman–Crippen MR) is 81.0 cm³/mol. The van der Waals surface area contributed by atoms with Crippen LogP contribution in [0.2, 0.25) is 0 Å². The summed E-state index contributed by atoms with van der Waals surface area (Å²) in [6.07, 6.45) is 3.36. The average Bonchev–Trinajstić information content (AvgIpc) is 2.96. The molecule has 2 aliphatic rings. The highest BCUT2D eigenvalue weighted by Gasteiger charge is 2.37. The Balaban J connectivity index is 1.98. The minimum atomic E-state index is -0.627. The molecule has 1 atom stereocenters. The van der Waals surface area contributed by atoms with Gasteiger partial charge < -0.3 is 5.32 Å². The van der Waals surface area contributed by atoms with E-state index in [0.29, 0.717) is 35.4 Å². The van der Waals surface area contributed by atoms with Crippen molar-refractivity contribution in [2.45, 2.75) is 25.3 Å². The second kappa shape index (κ2) is 5.06. The SMILES string of the molecule is N#Cc1cnn2c1NC1=C(C(=O)CCC1)C2c1ccccc1F. The number of fused-ring (bicyclic) bond motifs is 1. The highest BCUT2D eigenvalue weighted by molar-refractivity contribution is 5.99. The number of benzene rings is 1. The van der Waals surface area contributed by atoms with Gasteiger partial charge >= 0.3 is 0 Å². The van der Waals surface area contributed by atoms with Crippen molar-refractivity contribution in [2.24, 2.45) is 0 Å². The first-order chi connectivity index (χ1) is 11.2. The van der Waals surface area contributed by atoms with Crippen molar-refractivity contribution in [3.05, 3.63) is 58.7 Å². The topological polar surface area (TPSA) is 70.7 Å². The molecular formula is C17H13FN4O. The number of nitriles is 1. The number of Topliss-reactive ketones (excluding diaryl/α,β-unsaturated/α-hetero) is 1. The summed E-state index contributed by atoms with van der Waals surface area (Å²) >= 11 is 0. The highest BCUT2D eigenvalue weighted by atomic mass is 19.1. The van der Waals surface area contributed by atoms with Gasteiger partial charge in [0.15, 0.2) is 5.78 Å². The molecule has 1 unspecified atom stereocenters. The van der Waals surface area contributed by atoms with Gasteiger partial charge in [0, 0.05) is 23.3 Å². The number of nitrogens with zero attached hydrogens (tertiary/aromatic N) is 3. The van der Waals surface area contributed by atoms with Gasteiger partial charge in [-0.2, -0.15) is 10.4 Å². The van der Waals surface area contributed by atoms with E-state index in [1.165, 1.54) is 12.3 Å². The maximum absolute atomic E-state index is 14.4. The van der Waals surface area contributed by atoms with Gasteiger partial charge in [0.1, 0.15) is 29.3 Å². The van der Waals surface area contributed by atoms with Gasteiger partial charge in [0.25, 0.3) is 0 Å². The van der Waals surface area contributed by atoms with Gasteiger partial charge in [0.05, 0.1) is 6.20 Å². The molecule has 114 valence electrons. The van der Waals surface area contributed by atoms with Crippen LogP contribution in [0.3, 0.4) is 0 Å². The minimum Gasteiger partial charge on any atom is -0.342 e. The number of allylic oxidation sites excluding steroid dienone is 2. The van der Waals surface area contributed by atoms with Crippen LogP contribution in [0.15, 0.2) is 41.7 Å². The number of carbonyl (C=O) groups excluding carboxylic acids is 1. The van der Waals surface area contributed by atoms with Gasteiger partial charge in [-0.15, -0.1) is 0 Å². The Labute approximate surface area is 132 Å². The number of nitrogens with one attached hydrogen (secondary N) is 1. The van der Waals surface area contributed by atoms with Crippen molar-refractivity contribution >= 4 is 11.6 Å². The second-order valence-electron chi connectivity index (χ2n) is 5.68.